The lowest BCUT2D eigenvalue weighted by atomic mass is 10.2. The zero-order valence-electron chi connectivity index (χ0n) is 7.65. The zero-order chi connectivity index (χ0) is 9.10. The SMILES string of the molecule is NCC1CCCN1Cc1ccon1. The third-order valence-electron chi connectivity index (χ3n) is 2.63. The number of hydrogen-bond acceptors (Lipinski definition) is 4. The Labute approximate surface area is 77.7 Å². The lowest BCUT2D eigenvalue weighted by Gasteiger charge is -2.21. The summed E-state index contributed by atoms with van der Waals surface area (Å²) in [4.78, 5) is 2.37. The Morgan fingerprint density at radius 1 is 1.69 bits per heavy atom. The maximum atomic E-state index is 5.67. The molecule has 0 spiro atoms. The molecular formula is C9H15N3O. The zero-order valence-corrected chi connectivity index (χ0v) is 7.65. The number of likely N-dealkylation sites (tertiary alicyclic amines) is 1. The van der Waals surface area contributed by atoms with Crippen LogP contribution in [-0.2, 0) is 6.54 Å². The molecule has 2 rings (SSSR count). The standard InChI is InChI=1S/C9H15N3O/c10-6-9-2-1-4-12(9)7-8-3-5-13-11-8/h3,5,9H,1-2,4,6-7,10H2. The maximum absolute atomic E-state index is 5.67. The molecule has 0 saturated carbocycles. The summed E-state index contributed by atoms with van der Waals surface area (Å²) in [6, 6.07) is 2.45. The maximum Gasteiger partial charge on any atom is 0.124 e. The van der Waals surface area contributed by atoms with Crippen molar-refractivity contribution in [3.63, 3.8) is 0 Å². The van der Waals surface area contributed by atoms with Crippen LogP contribution in [0, 0.1) is 0 Å². The first kappa shape index (κ1) is 8.72. The molecule has 0 amide bonds. The summed E-state index contributed by atoms with van der Waals surface area (Å²) in [5, 5.41) is 3.89. The van der Waals surface area contributed by atoms with Gasteiger partial charge in [-0.3, -0.25) is 4.90 Å². The van der Waals surface area contributed by atoms with Crippen molar-refractivity contribution in [3.05, 3.63) is 18.0 Å². The van der Waals surface area contributed by atoms with Gasteiger partial charge in [-0.1, -0.05) is 5.16 Å². The normalized spacial score (nSPS) is 23.9. The van der Waals surface area contributed by atoms with Crippen LogP contribution in [0.3, 0.4) is 0 Å². The molecule has 72 valence electrons. The van der Waals surface area contributed by atoms with Gasteiger partial charge in [0, 0.05) is 25.2 Å². The number of aromatic nitrogens is 1. The molecule has 1 aliphatic rings. The van der Waals surface area contributed by atoms with E-state index in [0.29, 0.717) is 6.04 Å². The van der Waals surface area contributed by atoms with Gasteiger partial charge >= 0.3 is 0 Å². The summed E-state index contributed by atoms with van der Waals surface area (Å²) in [7, 11) is 0. The second-order valence-corrected chi connectivity index (χ2v) is 3.49. The van der Waals surface area contributed by atoms with Crippen LogP contribution in [-0.4, -0.2) is 29.2 Å². The highest BCUT2D eigenvalue weighted by Crippen LogP contribution is 2.18. The van der Waals surface area contributed by atoms with E-state index in [1.165, 1.54) is 12.8 Å². The molecule has 1 saturated heterocycles. The predicted molar refractivity (Wildman–Crippen MR) is 49.0 cm³/mol. The summed E-state index contributed by atoms with van der Waals surface area (Å²) in [5.41, 5.74) is 6.67. The van der Waals surface area contributed by atoms with Crippen LogP contribution in [0.5, 0.6) is 0 Å². The van der Waals surface area contributed by atoms with Gasteiger partial charge in [-0.2, -0.15) is 0 Å². The van der Waals surface area contributed by atoms with E-state index >= 15 is 0 Å². The second-order valence-electron chi connectivity index (χ2n) is 3.49. The molecule has 1 aliphatic heterocycles. The average Bonchev–Trinajstić information content (AvgIpc) is 2.76. The molecule has 1 aromatic rings. The summed E-state index contributed by atoms with van der Waals surface area (Å²) in [6.07, 6.45) is 4.08. The molecule has 0 bridgehead atoms. The Bertz CT molecular complexity index is 247. The van der Waals surface area contributed by atoms with E-state index in [1.807, 2.05) is 6.07 Å². The second kappa shape index (κ2) is 3.89. The van der Waals surface area contributed by atoms with Crippen LogP contribution in [0.1, 0.15) is 18.5 Å². The van der Waals surface area contributed by atoms with E-state index in [2.05, 4.69) is 10.1 Å². The quantitative estimate of drug-likeness (QED) is 0.741. The molecule has 1 atom stereocenters. The van der Waals surface area contributed by atoms with Crippen molar-refractivity contribution in [1.82, 2.24) is 10.1 Å². The minimum Gasteiger partial charge on any atom is -0.364 e. The third-order valence-corrected chi connectivity index (χ3v) is 2.63. The van der Waals surface area contributed by atoms with Gasteiger partial charge in [0.05, 0.1) is 5.69 Å². The van der Waals surface area contributed by atoms with Gasteiger partial charge in [-0.05, 0) is 19.4 Å². The van der Waals surface area contributed by atoms with Gasteiger partial charge in [0.2, 0.25) is 0 Å². The van der Waals surface area contributed by atoms with E-state index in [1.54, 1.807) is 6.26 Å². The Kier molecular flexibility index (Phi) is 2.61. The Balaban J connectivity index is 1.94. The Hall–Kier alpha value is -0.870. The first-order chi connectivity index (χ1) is 6.40. The van der Waals surface area contributed by atoms with Crippen LogP contribution < -0.4 is 5.73 Å². The van der Waals surface area contributed by atoms with Crippen LogP contribution in [0.25, 0.3) is 0 Å². The smallest absolute Gasteiger partial charge is 0.124 e. The third kappa shape index (κ3) is 1.89. The van der Waals surface area contributed by atoms with E-state index < -0.39 is 0 Å². The Morgan fingerprint density at radius 3 is 3.31 bits per heavy atom. The summed E-state index contributed by atoms with van der Waals surface area (Å²) in [5.74, 6) is 0. The van der Waals surface area contributed by atoms with Crippen LogP contribution in [0.4, 0.5) is 0 Å². The van der Waals surface area contributed by atoms with Crippen molar-refractivity contribution in [3.8, 4) is 0 Å². The van der Waals surface area contributed by atoms with E-state index in [-0.39, 0.29) is 0 Å². The summed E-state index contributed by atoms with van der Waals surface area (Å²) >= 11 is 0. The lowest BCUT2D eigenvalue weighted by molar-refractivity contribution is 0.242. The van der Waals surface area contributed by atoms with Gasteiger partial charge in [0.25, 0.3) is 0 Å². The van der Waals surface area contributed by atoms with Gasteiger partial charge in [-0.15, -0.1) is 0 Å². The van der Waals surface area contributed by atoms with E-state index in [4.69, 9.17) is 10.3 Å². The van der Waals surface area contributed by atoms with Gasteiger partial charge in [0.1, 0.15) is 6.26 Å². The monoisotopic (exact) mass is 181 g/mol. The van der Waals surface area contributed by atoms with Crippen molar-refractivity contribution < 1.29 is 4.52 Å². The molecule has 1 aromatic heterocycles. The number of nitrogens with zero attached hydrogens (tertiary/aromatic N) is 2. The molecule has 13 heavy (non-hydrogen) atoms. The van der Waals surface area contributed by atoms with Gasteiger partial charge < -0.3 is 10.3 Å². The first-order valence-electron chi connectivity index (χ1n) is 4.73. The summed E-state index contributed by atoms with van der Waals surface area (Å²) in [6.45, 7) is 2.75. The summed E-state index contributed by atoms with van der Waals surface area (Å²) < 4.78 is 4.79. The first-order valence-corrected chi connectivity index (χ1v) is 4.73. The highest BCUT2D eigenvalue weighted by atomic mass is 16.5. The lowest BCUT2D eigenvalue weighted by Crippen LogP contribution is -2.34. The largest absolute Gasteiger partial charge is 0.364 e. The molecule has 0 radical (unpaired) electrons. The number of nitrogens with two attached hydrogens (primary N) is 1. The van der Waals surface area contributed by atoms with Crippen LogP contribution in [0.2, 0.25) is 0 Å². The minimum absolute atomic E-state index is 0.539. The fraction of sp³-hybridized carbons (Fsp3) is 0.667. The molecular weight excluding hydrogens is 166 g/mol. The molecule has 1 unspecified atom stereocenters. The van der Waals surface area contributed by atoms with E-state index in [0.717, 1.165) is 25.3 Å². The minimum atomic E-state index is 0.539. The van der Waals surface area contributed by atoms with Crippen molar-refractivity contribution in [2.75, 3.05) is 13.1 Å². The molecule has 0 aromatic carbocycles. The number of rotatable bonds is 3. The number of hydrogen-bond donors (Lipinski definition) is 1. The average molecular weight is 181 g/mol. The molecule has 4 nitrogen and oxygen atoms in total. The van der Waals surface area contributed by atoms with Crippen molar-refractivity contribution in [1.29, 1.82) is 0 Å². The fourth-order valence-electron chi connectivity index (χ4n) is 1.90. The Morgan fingerprint density at radius 2 is 2.62 bits per heavy atom. The highest BCUT2D eigenvalue weighted by molar-refractivity contribution is 4.96. The predicted octanol–water partition coefficient (Wildman–Crippen LogP) is 0.598. The molecule has 4 heteroatoms. The molecule has 1 fully saturated rings. The highest BCUT2D eigenvalue weighted by Gasteiger charge is 2.23. The van der Waals surface area contributed by atoms with Gasteiger partial charge in [-0.25, -0.2) is 0 Å². The van der Waals surface area contributed by atoms with Crippen LogP contribution >= 0.6 is 0 Å². The van der Waals surface area contributed by atoms with E-state index in [9.17, 15) is 0 Å². The van der Waals surface area contributed by atoms with Crippen molar-refractivity contribution in [2.45, 2.75) is 25.4 Å². The molecule has 2 N–H and O–H groups in total. The fourth-order valence-corrected chi connectivity index (χ4v) is 1.90. The molecule has 0 aliphatic carbocycles. The van der Waals surface area contributed by atoms with Crippen molar-refractivity contribution >= 4 is 0 Å². The van der Waals surface area contributed by atoms with Crippen molar-refractivity contribution in [2.24, 2.45) is 5.73 Å². The topological polar surface area (TPSA) is 55.3 Å². The van der Waals surface area contributed by atoms with Gasteiger partial charge in [0.15, 0.2) is 0 Å². The molecule has 2 heterocycles. The van der Waals surface area contributed by atoms with Crippen LogP contribution in [0.15, 0.2) is 16.9 Å².